The molecule has 0 aromatic heterocycles. The van der Waals surface area contributed by atoms with E-state index in [1.807, 2.05) is 0 Å². The lowest BCUT2D eigenvalue weighted by molar-refractivity contribution is -0.123. The van der Waals surface area contributed by atoms with E-state index in [1.54, 1.807) is 24.3 Å². The van der Waals surface area contributed by atoms with E-state index in [0.717, 1.165) is 13.0 Å². The molecule has 0 saturated carbocycles. The Labute approximate surface area is 139 Å². The van der Waals surface area contributed by atoms with Crippen LogP contribution in [0.25, 0.3) is 0 Å². The van der Waals surface area contributed by atoms with Gasteiger partial charge in [0.2, 0.25) is 0 Å². The monoisotopic (exact) mass is 325 g/mol. The van der Waals surface area contributed by atoms with Crippen LogP contribution in [0.5, 0.6) is 5.75 Å². The quantitative estimate of drug-likeness (QED) is 0.551. The number of carbonyl (C=O) groups excluding carboxylic acids is 1. The zero-order valence-corrected chi connectivity index (χ0v) is 14.3. The van der Waals surface area contributed by atoms with Gasteiger partial charge in [0.05, 0.1) is 0 Å². The topological polar surface area (TPSA) is 38.3 Å². The molecule has 0 aliphatic rings. The Kier molecular flexibility index (Phi) is 10.6. The van der Waals surface area contributed by atoms with Gasteiger partial charge in [-0.05, 0) is 30.7 Å². The van der Waals surface area contributed by atoms with E-state index in [1.165, 1.54) is 44.9 Å². The summed E-state index contributed by atoms with van der Waals surface area (Å²) < 4.78 is 5.39. The summed E-state index contributed by atoms with van der Waals surface area (Å²) in [6.07, 6.45) is 10.2. The molecule has 0 unspecified atom stereocenters. The molecule has 0 saturated heterocycles. The summed E-state index contributed by atoms with van der Waals surface area (Å²) in [7, 11) is 0. The number of nitrogens with one attached hydrogen (secondary N) is 1. The van der Waals surface area contributed by atoms with Crippen molar-refractivity contribution in [3.8, 4) is 5.75 Å². The molecule has 1 aromatic rings. The lowest BCUT2D eigenvalue weighted by Crippen LogP contribution is -2.29. The van der Waals surface area contributed by atoms with Gasteiger partial charge in [-0.25, -0.2) is 0 Å². The summed E-state index contributed by atoms with van der Waals surface area (Å²) in [4.78, 5) is 11.6. The Hall–Kier alpha value is -1.22. The molecular weight excluding hydrogens is 298 g/mol. The highest BCUT2D eigenvalue weighted by Crippen LogP contribution is 2.15. The number of hydrogen-bond donors (Lipinski definition) is 1. The number of unbranched alkanes of at least 4 members (excludes halogenated alkanes) is 7. The molecule has 1 aromatic carbocycles. The number of hydrogen-bond acceptors (Lipinski definition) is 2. The first-order chi connectivity index (χ1) is 10.7. The Morgan fingerprint density at radius 2 is 1.59 bits per heavy atom. The normalized spacial score (nSPS) is 10.5. The van der Waals surface area contributed by atoms with Crippen LogP contribution in [0.1, 0.15) is 58.3 Å². The van der Waals surface area contributed by atoms with Gasteiger partial charge in [-0.15, -0.1) is 0 Å². The van der Waals surface area contributed by atoms with Gasteiger partial charge in [0.25, 0.3) is 5.91 Å². The van der Waals surface area contributed by atoms with Gasteiger partial charge in [0, 0.05) is 11.6 Å². The largest absolute Gasteiger partial charge is 0.484 e. The van der Waals surface area contributed by atoms with Crippen LogP contribution in [-0.2, 0) is 4.79 Å². The maximum Gasteiger partial charge on any atom is 0.257 e. The summed E-state index contributed by atoms with van der Waals surface area (Å²) in [5.41, 5.74) is 0. The molecule has 0 aliphatic heterocycles. The number of benzene rings is 1. The minimum absolute atomic E-state index is 0.0542. The lowest BCUT2D eigenvalue weighted by Gasteiger charge is -2.07. The second-order valence-electron chi connectivity index (χ2n) is 5.57. The summed E-state index contributed by atoms with van der Waals surface area (Å²) >= 11 is 5.79. The summed E-state index contributed by atoms with van der Waals surface area (Å²) in [6, 6.07) is 7.01. The fourth-order valence-electron chi connectivity index (χ4n) is 2.22. The highest BCUT2D eigenvalue weighted by atomic mass is 35.5. The molecule has 0 aliphatic carbocycles. The molecule has 0 radical (unpaired) electrons. The van der Waals surface area contributed by atoms with Crippen LogP contribution in [0, 0.1) is 0 Å². The summed E-state index contributed by atoms with van der Waals surface area (Å²) in [5, 5.41) is 3.54. The van der Waals surface area contributed by atoms with Crippen LogP contribution in [0.3, 0.4) is 0 Å². The average Bonchev–Trinajstić information content (AvgIpc) is 2.53. The molecule has 0 atom stereocenters. The van der Waals surface area contributed by atoms with E-state index in [4.69, 9.17) is 16.3 Å². The van der Waals surface area contributed by atoms with Crippen LogP contribution in [0.15, 0.2) is 24.3 Å². The Balaban J connectivity index is 1.94. The fraction of sp³-hybridized carbons (Fsp3) is 0.611. The van der Waals surface area contributed by atoms with Crippen molar-refractivity contribution in [2.24, 2.45) is 0 Å². The maximum absolute atomic E-state index is 11.6. The van der Waals surface area contributed by atoms with Gasteiger partial charge in [0.15, 0.2) is 6.61 Å². The third-order valence-electron chi connectivity index (χ3n) is 3.54. The van der Waals surface area contributed by atoms with Crippen LogP contribution < -0.4 is 10.1 Å². The van der Waals surface area contributed by atoms with Crippen molar-refractivity contribution < 1.29 is 9.53 Å². The van der Waals surface area contributed by atoms with E-state index < -0.39 is 0 Å². The van der Waals surface area contributed by atoms with E-state index in [9.17, 15) is 4.79 Å². The predicted octanol–water partition coefficient (Wildman–Crippen LogP) is 4.98. The van der Waals surface area contributed by atoms with Gasteiger partial charge in [-0.1, -0.05) is 63.5 Å². The second kappa shape index (κ2) is 12.3. The maximum atomic E-state index is 11.6. The van der Waals surface area contributed by atoms with E-state index in [2.05, 4.69) is 12.2 Å². The van der Waals surface area contributed by atoms with Gasteiger partial charge >= 0.3 is 0 Å². The Bertz CT molecular complexity index is 406. The molecule has 1 rings (SSSR count). The zero-order valence-electron chi connectivity index (χ0n) is 13.6. The van der Waals surface area contributed by atoms with Crippen molar-refractivity contribution in [1.82, 2.24) is 5.32 Å². The second-order valence-corrected chi connectivity index (χ2v) is 6.00. The van der Waals surface area contributed by atoms with Gasteiger partial charge < -0.3 is 10.1 Å². The number of amides is 1. The van der Waals surface area contributed by atoms with Crippen molar-refractivity contribution in [2.45, 2.75) is 58.3 Å². The number of ether oxygens (including phenoxy) is 1. The minimum Gasteiger partial charge on any atom is -0.484 e. The van der Waals surface area contributed by atoms with E-state index >= 15 is 0 Å². The SMILES string of the molecule is CCCCCCCCCCNC(=O)COc1ccc(Cl)cc1. The highest BCUT2D eigenvalue weighted by molar-refractivity contribution is 6.30. The molecular formula is C18H28ClNO2. The molecule has 0 heterocycles. The van der Waals surface area contributed by atoms with Gasteiger partial charge in [-0.2, -0.15) is 0 Å². The third kappa shape index (κ3) is 9.67. The lowest BCUT2D eigenvalue weighted by atomic mass is 10.1. The van der Waals surface area contributed by atoms with Crippen LogP contribution in [0.4, 0.5) is 0 Å². The summed E-state index contributed by atoms with van der Waals surface area (Å²) in [5.74, 6) is 0.588. The highest BCUT2D eigenvalue weighted by Gasteiger charge is 2.02. The van der Waals surface area contributed by atoms with Crippen molar-refractivity contribution in [3.63, 3.8) is 0 Å². The predicted molar refractivity (Wildman–Crippen MR) is 92.6 cm³/mol. The molecule has 0 fully saturated rings. The molecule has 4 heteroatoms. The number of carbonyl (C=O) groups is 1. The fourth-order valence-corrected chi connectivity index (χ4v) is 2.34. The molecule has 22 heavy (non-hydrogen) atoms. The smallest absolute Gasteiger partial charge is 0.257 e. The zero-order chi connectivity index (χ0) is 16.0. The third-order valence-corrected chi connectivity index (χ3v) is 3.79. The van der Waals surface area contributed by atoms with Crippen molar-refractivity contribution >= 4 is 17.5 Å². The summed E-state index contributed by atoms with van der Waals surface area (Å²) in [6.45, 7) is 3.02. The molecule has 0 spiro atoms. The first kappa shape index (κ1) is 18.8. The van der Waals surface area contributed by atoms with Crippen LogP contribution in [-0.4, -0.2) is 19.1 Å². The van der Waals surface area contributed by atoms with E-state index in [-0.39, 0.29) is 12.5 Å². The number of halogens is 1. The average molecular weight is 326 g/mol. The molecule has 124 valence electrons. The molecule has 3 nitrogen and oxygen atoms in total. The molecule has 1 amide bonds. The van der Waals surface area contributed by atoms with Crippen molar-refractivity contribution in [2.75, 3.05) is 13.2 Å². The Morgan fingerprint density at radius 1 is 1.00 bits per heavy atom. The van der Waals surface area contributed by atoms with Gasteiger partial charge in [0.1, 0.15) is 5.75 Å². The van der Waals surface area contributed by atoms with E-state index in [0.29, 0.717) is 10.8 Å². The van der Waals surface area contributed by atoms with Crippen LogP contribution in [0.2, 0.25) is 5.02 Å². The van der Waals surface area contributed by atoms with Crippen molar-refractivity contribution in [1.29, 1.82) is 0 Å². The molecule has 1 N–H and O–H groups in total. The van der Waals surface area contributed by atoms with Crippen LogP contribution >= 0.6 is 11.6 Å². The Morgan fingerprint density at radius 3 is 2.23 bits per heavy atom. The molecule has 0 bridgehead atoms. The standard InChI is InChI=1S/C18H28ClNO2/c1-2-3-4-5-6-7-8-9-14-20-18(21)15-22-17-12-10-16(19)11-13-17/h10-13H,2-9,14-15H2,1H3,(H,20,21). The first-order valence-electron chi connectivity index (χ1n) is 8.37. The van der Waals surface area contributed by atoms with Gasteiger partial charge in [-0.3, -0.25) is 4.79 Å². The van der Waals surface area contributed by atoms with Crippen molar-refractivity contribution in [3.05, 3.63) is 29.3 Å². The number of rotatable bonds is 12. The minimum atomic E-state index is -0.0714. The first-order valence-corrected chi connectivity index (χ1v) is 8.75.